The van der Waals surface area contributed by atoms with E-state index in [-0.39, 0.29) is 92.4 Å². The molecule has 28 nitrogen and oxygen atoms in total. The number of aliphatic hydroxyl groups excluding tert-OH is 8. The van der Waals surface area contributed by atoms with Crippen molar-refractivity contribution in [3.8, 4) is 0 Å². The Hall–Kier alpha value is -4.47. The summed E-state index contributed by atoms with van der Waals surface area (Å²) in [6.07, 6.45) is -16.8. The summed E-state index contributed by atoms with van der Waals surface area (Å²) in [7, 11) is 3.75. The van der Waals surface area contributed by atoms with Gasteiger partial charge in [-0.1, -0.05) is 0 Å². The molecule has 0 aromatic carbocycles. The third-order valence-electron chi connectivity index (χ3n) is 13.1. The minimum atomic E-state index is -2.04. The number of nitrogens with one attached hydrogen (secondary N) is 3. The maximum absolute atomic E-state index is 12.7. The lowest BCUT2D eigenvalue weighted by atomic mass is 9.85. The van der Waals surface area contributed by atoms with E-state index in [2.05, 4.69) is 20.9 Å². The van der Waals surface area contributed by atoms with Crippen LogP contribution in [0.25, 0.3) is 0 Å². The number of hydrogen-bond acceptors (Lipinski definition) is 26. The van der Waals surface area contributed by atoms with Crippen LogP contribution in [0.2, 0.25) is 0 Å². The van der Waals surface area contributed by atoms with E-state index in [1.807, 2.05) is 0 Å². The molecule has 0 aromatic rings. The van der Waals surface area contributed by atoms with Crippen molar-refractivity contribution < 1.29 is 119 Å². The topological polar surface area (TPSA) is 444 Å². The second-order valence-corrected chi connectivity index (χ2v) is 18.9. The molecule has 0 amide bonds. The SMILES string of the molecule is COC1=C(NC(CCCN=C2CC(O)(CO[C@@H]3O[C@H](CO)[C@H](O)[C@H](O)[C@H]3O[C@@H]3OC[C@@H](O)[C@H](O)[C@H]3O)C=C(NCCCC(NC3=C(OC)C(=O)CC(O)(CO)C3)C(=O)O)C2OC)C(=O)O)CC(O)(CO)CC1=O. The zero-order chi connectivity index (χ0) is 54.0. The zero-order valence-electron chi connectivity index (χ0n) is 40.6. The van der Waals surface area contributed by atoms with Gasteiger partial charge in [-0.05, 0) is 31.8 Å². The number of ketones is 2. The highest BCUT2D eigenvalue weighted by Crippen LogP contribution is 2.34. The number of carbonyl (C=O) groups excluding carboxylic acids is 2. The van der Waals surface area contributed by atoms with E-state index in [1.54, 1.807) is 0 Å². The number of carboxylic acid groups (broad SMARTS) is 2. The summed E-state index contributed by atoms with van der Waals surface area (Å²) in [4.78, 5) is 54.9. The molecule has 5 aliphatic rings. The quantitative estimate of drug-likeness (QED) is 0.0359. The number of Topliss-reactive ketones (excluding diaryl/α,β-unsaturated/α-hetero) is 2. The third kappa shape index (κ3) is 14.7. The first-order valence-electron chi connectivity index (χ1n) is 23.5. The van der Waals surface area contributed by atoms with Crippen LogP contribution in [0.15, 0.2) is 39.7 Å². The molecule has 2 fully saturated rings. The van der Waals surface area contributed by atoms with Gasteiger partial charge in [-0.15, -0.1) is 0 Å². The molecule has 15 atom stereocenters. The van der Waals surface area contributed by atoms with Gasteiger partial charge >= 0.3 is 11.9 Å². The first kappa shape index (κ1) is 59.4. The van der Waals surface area contributed by atoms with Crippen molar-refractivity contribution in [1.29, 1.82) is 0 Å². The van der Waals surface area contributed by atoms with E-state index in [4.69, 9.17) is 33.2 Å². The van der Waals surface area contributed by atoms with Gasteiger partial charge in [-0.2, -0.15) is 0 Å². The fourth-order valence-electron chi connectivity index (χ4n) is 9.22. The molecule has 3 aliphatic carbocycles. The molecule has 0 spiro atoms. The molecular formula is C45H70N4O24. The van der Waals surface area contributed by atoms with Gasteiger partial charge in [0.1, 0.15) is 77.7 Å². The summed E-state index contributed by atoms with van der Waals surface area (Å²) < 4.78 is 39.0. The first-order valence-corrected chi connectivity index (χ1v) is 23.5. The third-order valence-corrected chi connectivity index (χ3v) is 13.1. The number of hydrogen-bond donors (Lipinski definition) is 16. The highest BCUT2D eigenvalue weighted by atomic mass is 16.8. The monoisotopic (exact) mass is 1050 g/mol. The molecule has 0 radical (unpaired) electrons. The normalized spacial score (nSPS) is 35.6. The minimum absolute atomic E-state index is 0.0167. The van der Waals surface area contributed by atoms with E-state index in [0.29, 0.717) is 0 Å². The number of allylic oxidation sites excluding steroid dienone is 2. The summed E-state index contributed by atoms with van der Waals surface area (Å²) in [5, 5.41) is 145. The highest BCUT2D eigenvalue weighted by Gasteiger charge is 2.51. The minimum Gasteiger partial charge on any atom is -0.491 e. The number of aliphatic hydroxyl groups is 11. The summed E-state index contributed by atoms with van der Waals surface area (Å²) >= 11 is 0. The number of aliphatic carboxylic acids is 2. The molecule has 5 rings (SSSR count). The number of carboxylic acids is 2. The zero-order valence-corrected chi connectivity index (χ0v) is 40.6. The molecule has 73 heavy (non-hydrogen) atoms. The smallest absolute Gasteiger partial charge is 0.326 e. The van der Waals surface area contributed by atoms with Crippen molar-refractivity contribution in [3.63, 3.8) is 0 Å². The van der Waals surface area contributed by atoms with Gasteiger partial charge in [-0.3, -0.25) is 14.6 Å². The van der Waals surface area contributed by atoms with Gasteiger partial charge in [-0.25, -0.2) is 9.59 Å². The summed E-state index contributed by atoms with van der Waals surface area (Å²) in [6.45, 7) is -3.61. The Labute approximate surface area is 418 Å². The Morgan fingerprint density at radius 3 is 1.84 bits per heavy atom. The van der Waals surface area contributed by atoms with Crippen molar-refractivity contribution in [2.45, 2.75) is 148 Å². The van der Waals surface area contributed by atoms with Crippen LogP contribution >= 0.6 is 0 Å². The largest absolute Gasteiger partial charge is 0.491 e. The maximum Gasteiger partial charge on any atom is 0.326 e. The Morgan fingerprint density at radius 1 is 0.767 bits per heavy atom. The van der Waals surface area contributed by atoms with E-state index >= 15 is 0 Å². The van der Waals surface area contributed by atoms with Gasteiger partial charge in [0.2, 0.25) is 11.6 Å². The van der Waals surface area contributed by atoms with Crippen molar-refractivity contribution in [2.24, 2.45) is 4.99 Å². The fraction of sp³-hybridized carbons (Fsp3) is 0.756. The molecule has 2 saturated heterocycles. The number of rotatable bonds is 26. The molecule has 2 aliphatic heterocycles. The molecule has 28 heteroatoms. The number of methoxy groups -OCH3 is 3. The number of nitrogens with zero attached hydrogens (tertiary/aromatic N) is 1. The molecule has 6 unspecified atom stereocenters. The van der Waals surface area contributed by atoms with Crippen molar-refractivity contribution >= 4 is 29.2 Å². The van der Waals surface area contributed by atoms with Crippen molar-refractivity contribution in [3.05, 3.63) is 34.7 Å². The standard InChI is InChI=1S/C45H70N4O24/c1-67-35-23(46-8-4-6-21(39(60)61)48-25-12-43(64,18-51)14-27(53)36(25)68-2)10-45(66,20-71-42-38(33(58)32(57)30(16-50)72-42)73-41-34(59)31(56)29(55)17-70-41)11-24(35)47-9-5-7-22(40(62)63)49-26-13-44(65,19-52)15-28(54)37(26)69-3/h10,21-22,29-35,38,41-42,46,48-52,55-59,64-66H,4-9,11-20H2,1-3H3,(H,60,61)(H,62,63)/t21?,22?,29-,30-,31+,32+,33+,34-,35?,38-,41+,42-,43?,44?,45?/m1/s1. The Bertz CT molecular complexity index is 2070. The lowest BCUT2D eigenvalue weighted by Crippen LogP contribution is -2.63. The lowest BCUT2D eigenvalue weighted by molar-refractivity contribution is -0.359. The molecule has 0 aromatic heterocycles. The van der Waals surface area contributed by atoms with Crippen molar-refractivity contribution in [2.75, 3.05) is 67.5 Å². The molecule has 0 saturated carbocycles. The number of ether oxygens (including phenoxy) is 7. The number of aliphatic imine (C=N–C) groups is 1. The summed E-state index contributed by atoms with van der Waals surface area (Å²) in [6, 6.07) is -2.66. The maximum atomic E-state index is 12.7. The Kier molecular flexibility index (Phi) is 21.0. The van der Waals surface area contributed by atoms with Gasteiger partial charge in [0, 0.05) is 58.0 Å². The molecule has 2 heterocycles. The molecular weight excluding hydrogens is 980 g/mol. The van der Waals surface area contributed by atoms with Crippen LogP contribution in [0.1, 0.15) is 57.8 Å². The van der Waals surface area contributed by atoms with Crippen LogP contribution in [0.3, 0.4) is 0 Å². The molecule has 16 N–H and O–H groups in total. The average Bonchev–Trinajstić information content (AvgIpc) is 3.34. The van der Waals surface area contributed by atoms with Crippen LogP contribution in [-0.4, -0.2) is 253 Å². The second-order valence-electron chi connectivity index (χ2n) is 18.9. The van der Waals surface area contributed by atoms with Crippen LogP contribution in [0.5, 0.6) is 0 Å². The molecule has 0 bridgehead atoms. The van der Waals surface area contributed by atoms with E-state index in [1.165, 1.54) is 27.4 Å². The van der Waals surface area contributed by atoms with Crippen molar-refractivity contribution in [1.82, 2.24) is 16.0 Å². The van der Waals surface area contributed by atoms with Crippen LogP contribution in [-0.2, 0) is 52.3 Å². The van der Waals surface area contributed by atoms with Gasteiger partial charge in [0.05, 0.1) is 64.4 Å². The predicted molar refractivity (Wildman–Crippen MR) is 243 cm³/mol. The predicted octanol–water partition coefficient (Wildman–Crippen LogP) is -6.13. The fourth-order valence-corrected chi connectivity index (χ4v) is 9.22. The van der Waals surface area contributed by atoms with E-state index < -0.39 is 160 Å². The first-order chi connectivity index (χ1) is 34.5. The lowest BCUT2D eigenvalue weighted by Gasteiger charge is -2.45. The van der Waals surface area contributed by atoms with Gasteiger partial charge in [0.15, 0.2) is 24.1 Å². The summed E-state index contributed by atoms with van der Waals surface area (Å²) in [5.74, 6) is -4.32. The molecule has 414 valence electrons. The average molecular weight is 1050 g/mol. The van der Waals surface area contributed by atoms with Crippen LogP contribution < -0.4 is 16.0 Å². The van der Waals surface area contributed by atoms with Crippen LogP contribution in [0, 0.1) is 0 Å². The van der Waals surface area contributed by atoms with Gasteiger partial charge < -0.3 is 115 Å². The Balaban J connectivity index is 1.37. The van der Waals surface area contributed by atoms with Gasteiger partial charge in [0.25, 0.3) is 0 Å². The second kappa shape index (κ2) is 25.9. The van der Waals surface area contributed by atoms with E-state index in [9.17, 15) is 85.6 Å². The summed E-state index contributed by atoms with van der Waals surface area (Å²) in [5.41, 5.74) is -5.41. The Morgan fingerprint density at radius 2 is 1.33 bits per heavy atom. The highest BCUT2D eigenvalue weighted by molar-refractivity contribution is 5.97. The van der Waals surface area contributed by atoms with E-state index in [0.717, 1.165) is 0 Å². The van der Waals surface area contributed by atoms with Crippen LogP contribution in [0.4, 0.5) is 0 Å². The number of carbonyl (C=O) groups is 4.